The van der Waals surface area contributed by atoms with E-state index in [1.165, 1.54) is 5.56 Å². The first kappa shape index (κ1) is 12.8. The zero-order valence-electron chi connectivity index (χ0n) is 10.5. The first-order valence-electron chi connectivity index (χ1n) is 5.56. The molecule has 0 fully saturated rings. The van der Waals surface area contributed by atoms with Gasteiger partial charge >= 0.3 is 0 Å². The van der Waals surface area contributed by atoms with E-state index >= 15 is 0 Å². The minimum absolute atomic E-state index is 0.0435. The second-order valence-electron chi connectivity index (χ2n) is 4.39. The summed E-state index contributed by atoms with van der Waals surface area (Å²) in [5.41, 5.74) is 6.88. The monoisotopic (exact) mass is 223 g/mol. The Balaban J connectivity index is 3.11. The van der Waals surface area contributed by atoms with Crippen molar-refractivity contribution < 1.29 is 9.47 Å². The molecule has 0 atom stereocenters. The van der Waals surface area contributed by atoms with Crippen molar-refractivity contribution in [2.45, 2.75) is 26.2 Å². The summed E-state index contributed by atoms with van der Waals surface area (Å²) >= 11 is 0. The van der Waals surface area contributed by atoms with Gasteiger partial charge in [-0.15, -0.1) is 0 Å². The molecule has 1 aromatic rings. The van der Waals surface area contributed by atoms with E-state index in [2.05, 4.69) is 13.8 Å². The van der Waals surface area contributed by atoms with Crippen molar-refractivity contribution in [3.05, 3.63) is 23.8 Å². The van der Waals surface area contributed by atoms with E-state index in [1.54, 1.807) is 7.11 Å². The molecule has 0 unspecified atom stereocenters. The van der Waals surface area contributed by atoms with Crippen LogP contribution in [0.4, 0.5) is 0 Å². The average molecular weight is 223 g/mol. The molecule has 0 aliphatic heterocycles. The van der Waals surface area contributed by atoms with Crippen LogP contribution < -0.4 is 15.2 Å². The van der Waals surface area contributed by atoms with E-state index < -0.39 is 0 Å². The molecule has 90 valence electrons. The van der Waals surface area contributed by atoms with Crippen LogP contribution in [-0.4, -0.2) is 20.3 Å². The van der Waals surface area contributed by atoms with Gasteiger partial charge in [0, 0.05) is 12.0 Å². The second kappa shape index (κ2) is 5.21. The van der Waals surface area contributed by atoms with E-state index in [1.807, 2.05) is 25.1 Å². The molecule has 0 amide bonds. The van der Waals surface area contributed by atoms with Crippen LogP contribution in [0.15, 0.2) is 18.2 Å². The molecule has 0 bridgehead atoms. The predicted octanol–water partition coefficient (Wildman–Crippen LogP) is 2.33. The van der Waals surface area contributed by atoms with Crippen LogP contribution in [0.5, 0.6) is 11.5 Å². The van der Waals surface area contributed by atoms with E-state index in [4.69, 9.17) is 15.2 Å². The summed E-state index contributed by atoms with van der Waals surface area (Å²) in [5, 5.41) is 0. The molecule has 0 aliphatic carbocycles. The van der Waals surface area contributed by atoms with Crippen molar-refractivity contribution >= 4 is 0 Å². The molecule has 3 nitrogen and oxygen atoms in total. The molecule has 0 aliphatic rings. The smallest absolute Gasteiger partial charge is 0.161 e. The van der Waals surface area contributed by atoms with Gasteiger partial charge in [-0.2, -0.15) is 0 Å². The number of hydrogen-bond acceptors (Lipinski definition) is 3. The molecule has 0 saturated carbocycles. The predicted molar refractivity (Wildman–Crippen MR) is 66.2 cm³/mol. The highest BCUT2D eigenvalue weighted by Gasteiger charge is 2.20. The Kier molecular flexibility index (Phi) is 4.19. The van der Waals surface area contributed by atoms with Crippen LogP contribution in [0.25, 0.3) is 0 Å². The standard InChI is InChI=1S/C13H21NO2/c1-5-16-12-8-10(13(2,3)9-14)6-7-11(12)15-4/h6-8H,5,9,14H2,1-4H3. The van der Waals surface area contributed by atoms with Gasteiger partial charge in [-0.3, -0.25) is 0 Å². The third-order valence-electron chi connectivity index (χ3n) is 2.76. The van der Waals surface area contributed by atoms with Gasteiger partial charge in [0.25, 0.3) is 0 Å². The number of nitrogens with two attached hydrogens (primary N) is 1. The van der Waals surface area contributed by atoms with E-state index in [0.29, 0.717) is 13.2 Å². The van der Waals surface area contributed by atoms with Crippen molar-refractivity contribution in [3.8, 4) is 11.5 Å². The zero-order chi connectivity index (χ0) is 12.2. The molecule has 0 radical (unpaired) electrons. The summed E-state index contributed by atoms with van der Waals surface area (Å²) in [5.74, 6) is 1.54. The normalized spacial score (nSPS) is 11.3. The molecule has 0 aromatic heterocycles. The third-order valence-corrected chi connectivity index (χ3v) is 2.76. The lowest BCUT2D eigenvalue weighted by atomic mass is 9.85. The summed E-state index contributed by atoms with van der Waals surface area (Å²) < 4.78 is 10.8. The molecular formula is C13H21NO2. The maximum atomic E-state index is 5.76. The van der Waals surface area contributed by atoms with Gasteiger partial charge in [-0.1, -0.05) is 19.9 Å². The SMILES string of the molecule is CCOc1cc(C(C)(C)CN)ccc1OC. The fourth-order valence-corrected chi connectivity index (χ4v) is 1.48. The van der Waals surface area contributed by atoms with Crippen LogP contribution in [0, 0.1) is 0 Å². The minimum atomic E-state index is -0.0435. The van der Waals surface area contributed by atoms with Gasteiger partial charge < -0.3 is 15.2 Å². The van der Waals surface area contributed by atoms with Crippen LogP contribution in [0.2, 0.25) is 0 Å². The maximum absolute atomic E-state index is 5.76. The fourth-order valence-electron chi connectivity index (χ4n) is 1.48. The molecule has 1 aromatic carbocycles. The topological polar surface area (TPSA) is 44.5 Å². The lowest BCUT2D eigenvalue weighted by Gasteiger charge is -2.24. The summed E-state index contributed by atoms with van der Waals surface area (Å²) in [4.78, 5) is 0. The highest BCUT2D eigenvalue weighted by atomic mass is 16.5. The molecule has 2 N–H and O–H groups in total. The summed E-state index contributed by atoms with van der Waals surface area (Å²) in [6.45, 7) is 7.42. The van der Waals surface area contributed by atoms with E-state index in [9.17, 15) is 0 Å². The average Bonchev–Trinajstić information content (AvgIpc) is 2.29. The molecule has 1 rings (SSSR count). The van der Waals surface area contributed by atoms with E-state index in [0.717, 1.165) is 11.5 Å². The van der Waals surface area contributed by atoms with Crippen molar-refractivity contribution in [2.24, 2.45) is 5.73 Å². The summed E-state index contributed by atoms with van der Waals surface area (Å²) in [7, 11) is 1.64. The van der Waals surface area contributed by atoms with Gasteiger partial charge in [-0.25, -0.2) is 0 Å². The Hall–Kier alpha value is -1.22. The van der Waals surface area contributed by atoms with Gasteiger partial charge in [0.05, 0.1) is 13.7 Å². The molecule has 3 heteroatoms. The number of hydrogen-bond donors (Lipinski definition) is 1. The highest BCUT2D eigenvalue weighted by Crippen LogP contribution is 2.32. The zero-order valence-corrected chi connectivity index (χ0v) is 10.5. The summed E-state index contributed by atoms with van der Waals surface area (Å²) in [6.07, 6.45) is 0. The van der Waals surface area contributed by atoms with Crippen molar-refractivity contribution in [1.29, 1.82) is 0 Å². The molecule has 16 heavy (non-hydrogen) atoms. The van der Waals surface area contributed by atoms with Crippen LogP contribution in [-0.2, 0) is 5.41 Å². The molecule has 0 spiro atoms. The summed E-state index contributed by atoms with van der Waals surface area (Å²) in [6, 6.07) is 5.97. The third kappa shape index (κ3) is 2.67. The van der Waals surface area contributed by atoms with Crippen LogP contribution in [0.1, 0.15) is 26.3 Å². The van der Waals surface area contributed by atoms with Gasteiger partial charge in [-0.05, 0) is 24.6 Å². The minimum Gasteiger partial charge on any atom is -0.493 e. The van der Waals surface area contributed by atoms with Gasteiger partial charge in [0.2, 0.25) is 0 Å². The lowest BCUT2D eigenvalue weighted by molar-refractivity contribution is 0.309. The number of ether oxygens (including phenoxy) is 2. The molecule has 0 heterocycles. The van der Waals surface area contributed by atoms with Crippen LogP contribution >= 0.6 is 0 Å². The molecule has 0 saturated heterocycles. The van der Waals surface area contributed by atoms with E-state index in [-0.39, 0.29) is 5.41 Å². The Morgan fingerprint density at radius 2 is 1.94 bits per heavy atom. The van der Waals surface area contributed by atoms with Gasteiger partial charge in [0.15, 0.2) is 11.5 Å². The van der Waals surface area contributed by atoms with Crippen molar-refractivity contribution in [1.82, 2.24) is 0 Å². The highest BCUT2D eigenvalue weighted by molar-refractivity contribution is 5.45. The first-order chi connectivity index (χ1) is 7.55. The second-order valence-corrected chi connectivity index (χ2v) is 4.39. The first-order valence-corrected chi connectivity index (χ1v) is 5.56. The van der Waals surface area contributed by atoms with Crippen LogP contribution in [0.3, 0.4) is 0 Å². The Labute approximate surface area is 97.6 Å². The van der Waals surface area contributed by atoms with Crippen molar-refractivity contribution in [3.63, 3.8) is 0 Å². The largest absolute Gasteiger partial charge is 0.493 e. The Bertz CT molecular complexity index is 348. The lowest BCUT2D eigenvalue weighted by Crippen LogP contribution is -2.28. The van der Waals surface area contributed by atoms with Gasteiger partial charge in [0.1, 0.15) is 0 Å². The van der Waals surface area contributed by atoms with Crippen molar-refractivity contribution in [2.75, 3.05) is 20.3 Å². The fraction of sp³-hybridized carbons (Fsp3) is 0.538. The number of methoxy groups -OCH3 is 1. The Morgan fingerprint density at radius 1 is 1.25 bits per heavy atom. The maximum Gasteiger partial charge on any atom is 0.161 e. The number of rotatable bonds is 5. The number of benzene rings is 1. The Morgan fingerprint density at radius 3 is 2.44 bits per heavy atom. The quantitative estimate of drug-likeness (QED) is 0.833. The molecular weight excluding hydrogens is 202 g/mol.